The van der Waals surface area contributed by atoms with Crippen molar-refractivity contribution in [3.05, 3.63) is 5.89 Å². The summed E-state index contributed by atoms with van der Waals surface area (Å²) in [7, 11) is 0. The van der Waals surface area contributed by atoms with Crippen LogP contribution in [-0.2, 0) is 0 Å². The molecule has 19 heavy (non-hydrogen) atoms. The molecule has 1 atom stereocenters. The number of nitrogens with zero attached hydrogens (tertiary/aromatic N) is 3. The summed E-state index contributed by atoms with van der Waals surface area (Å²) < 4.78 is 5.86. The maximum absolute atomic E-state index is 5.86. The van der Waals surface area contributed by atoms with Crippen LogP contribution in [0.2, 0.25) is 0 Å². The van der Waals surface area contributed by atoms with E-state index < -0.39 is 0 Å². The van der Waals surface area contributed by atoms with Gasteiger partial charge in [-0.3, -0.25) is 0 Å². The van der Waals surface area contributed by atoms with Gasteiger partial charge in [0.1, 0.15) is 0 Å². The molecule has 5 nitrogen and oxygen atoms in total. The zero-order valence-corrected chi connectivity index (χ0v) is 11.9. The van der Waals surface area contributed by atoms with Crippen LogP contribution in [0.3, 0.4) is 0 Å². The molecule has 2 aliphatic carbocycles. The highest BCUT2D eigenvalue weighted by Gasteiger charge is 2.31. The van der Waals surface area contributed by atoms with Crippen molar-refractivity contribution in [3.8, 4) is 0 Å². The molecular weight excluding hydrogens is 240 g/mol. The fourth-order valence-electron chi connectivity index (χ4n) is 2.38. The van der Waals surface area contributed by atoms with Crippen molar-refractivity contribution in [2.45, 2.75) is 45.6 Å². The van der Waals surface area contributed by atoms with E-state index in [0.717, 1.165) is 37.5 Å². The van der Waals surface area contributed by atoms with Gasteiger partial charge in [-0.1, -0.05) is 12.0 Å². The first-order valence-electron chi connectivity index (χ1n) is 7.58. The molecule has 1 N–H and O–H groups in total. The molecule has 0 radical (unpaired) electrons. The molecule has 106 valence electrons. The van der Waals surface area contributed by atoms with Crippen LogP contribution >= 0.6 is 0 Å². The van der Waals surface area contributed by atoms with Crippen molar-refractivity contribution in [1.82, 2.24) is 15.5 Å². The van der Waals surface area contributed by atoms with Crippen LogP contribution in [0.4, 0.5) is 6.01 Å². The number of hydrogen-bond acceptors (Lipinski definition) is 5. The summed E-state index contributed by atoms with van der Waals surface area (Å²) in [4.78, 5) is 2.31. The predicted molar refractivity (Wildman–Crippen MR) is 74.1 cm³/mol. The third-order valence-electron chi connectivity index (χ3n) is 3.93. The van der Waals surface area contributed by atoms with Crippen LogP contribution in [0, 0.1) is 11.8 Å². The Bertz CT molecular complexity index is 397. The molecule has 0 bridgehead atoms. The van der Waals surface area contributed by atoms with Crippen LogP contribution in [0.25, 0.3) is 0 Å². The largest absolute Gasteiger partial charge is 0.406 e. The lowest BCUT2D eigenvalue weighted by atomic mass is 10.3. The fourth-order valence-corrected chi connectivity index (χ4v) is 2.38. The second-order valence-electron chi connectivity index (χ2n) is 5.99. The summed E-state index contributed by atoms with van der Waals surface area (Å²) in [5.74, 6) is 2.40. The van der Waals surface area contributed by atoms with E-state index in [-0.39, 0.29) is 6.04 Å². The second kappa shape index (κ2) is 5.49. The SMILES string of the molecule is CCNC(C)c1nnc(N(CC2CC2)CC2CC2)o1. The average Bonchev–Trinajstić information content (AvgIpc) is 3.31. The average molecular weight is 264 g/mol. The minimum atomic E-state index is 0.134. The maximum Gasteiger partial charge on any atom is 0.318 e. The Balaban J connectivity index is 1.65. The van der Waals surface area contributed by atoms with Crippen LogP contribution < -0.4 is 10.2 Å². The van der Waals surface area contributed by atoms with Crippen LogP contribution in [-0.4, -0.2) is 29.8 Å². The lowest BCUT2D eigenvalue weighted by Gasteiger charge is -2.19. The summed E-state index contributed by atoms with van der Waals surface area (Å²) in [6.45, 7) is 7.24. The minimum absolute atomic E-state index is 0.134. The summed E-state index contributed by atoms with van der Waals surface area (Å²) in [6.07, 6.45) is 5.43. The van der Waals surface area contributed by atoms with E-state index in [4.69, 9.17) is 4.42 Å². The Labute approximate surface area is 114 Å². The Hall–Kier alpha value is -1.10. The number of hydrogen-bond donors (Lipinski definition) is 1. The van der Waals surface area contributed by atoms with Gasteiger partial charge in [0, 0.05) is 13.1 Å². The molecule has 0 amide bonds. The number of aromatic nitrogens is 2. The lowest BCUT2D eigenvalue weighted by molar-refractivity contribution is 0.416. The van der Waals surface area contributed by atoms with Crippen LogP contribution in [0.15, 0.2) is 4.42 Å². The first-order valence-corrected chi connectivity index (χ1v) is 7.58. The van der Waals surface area contributed by atoms with E-state index in [0.29, 0.717) is 5.89 Å². The summed E-state index contributed by atoms with van der Waals surface area (Å²) in [5, 5.41) is 11.7. The molecule has 3 rings (SSSR count). The van der Waals surface area contributed by atoms with Gasteiger partial charge >= 0.3 is 6.01 Å². The van der Waals surface area contributed by atoms with Crippen LogP contribution in [0.1, 0.15) is 51.5 Å². The standard InChI is InChI=1S/C14H24N4O/c1-3-15-10(2)13-16-17-14(19-13)18(8-11-4-5-11)9-12-6-7-12/h10-12,15H,3-9H2,1-2H3. The number of rotatable bonds is 8. The van der Waals surface area contributed by atoms with Crippen molar-refractivity contribution in [3.63, 3.8) is 0 Å². The van der Waals surface area contributed by atoms with Gasteiger partial charge in [-0.15, -0.1) is 5.10 Å². The van der Waals surface area contributed by atoms with E-state index in [9.17, 15) is 0 Å². The van der Waals surface area contributed by atoms with Crippen LogP contribution in [0.5, 0.6) is 0 Å². The normalized spacial score (nSPS) is 20.5. The molecule has 1 aromatic rings. The molecule has 0 aliphatic heterocycles. The summed E-state index contributed by atoms with van der Waals surface area (Å²) in [6, 6.07) is 0.855. The van der Waals surface area contributed by atoms with E-state index >= 15 is 0 Å². The smallest absolute Gasteiger partial charge is 0.318 e. The van der Waals surface area contributed by atoms with Gasteiger partial charge in [0.05, 0.1) is 6.04 Å². The predicted octanol–water partition coefficient (Wildman–Crippen LogP) is 2.37. The van der Waals surface area contributed by atoms with Gasteiger partial charge in [0.2, 0.25) is 5.89 Å². The Morgan fingerprint density at radius 2 is 1.84 bits per heavy atom. The topological polar surface area (TPSA) is 54.2 Å². The fraction of sp³-hybridized carbons (Fsp3) is 0.857. The summed E-state index contributed by atoms with van der Waals surface area (Å²) >= 11 is 0. The zero-order valence-electron chi connectivity index (χ0n) is 11.9. The highest BCUT2D eigenvalue weighted by Crippen LogP contribution is 2.35. The molecule has 1 unspecified atom stereocenters. The van der Waals surface area contributed by atoms with Crippen molar-refractivity contribution >= 4 is 6.01 Å². The van der Waals surface area contributed by atoms with Gasteiger partial charge in [-0.25, -0.2) is 0 Å². The first kappa shape index (κ1) is 12.9. The van der Waals surface area contributed by atoms with E-state index in [1.807, 2.05) is 0 Å². The Morgan fingerprint density at radius 1 is 1.21 bits per heavy atom. The Morgan fingerprint density at radius 3 is 2.37 bits per heavy atom. The molecule has 5 heteroatoms. The molecule has 0 spiro atoms. The van der Waals surface area contributed by atoms with E-state index in [1.165, 1.54) is 25.7 Å². The molecule has 2 fully saturated rings. The molecular formula is C14H24N4O. The zero-order chi connectivity index (χ0) is 13.2. The molecule has 1 heterocycles. The highest BCUT2D eigenvalue weighted by molar-refractivity contribution is 5.26. The van der Waals surface area contributed by atoms with Crippen molar-refractivity contribution < 1.29 is 4.42 Å². The van der Waals surface area contributed by atoms with Gasteiger partial charge in [0.25, 0.3) is 0 Å². The molecule has 0 aromatic carbocycles. The number of anilines is 1. The van der Waals surface area contributed by atoms with Gasteiger partial charge in [-0.2, -0.15) is 0 Å². The molecule has 0 saturated heterocycles. The van der Waals surface area contributed by atoms with E-state index in [1.54, 1.807) is 0 Å². The quantitative estimate of drug-likeness (QED) is 0.781. The van der Waals surface area contributed by atoms with Crippen molar-refractivity contribution in [2.24, 2.45) is 11.8 Å². The molecule has 2 saturated carbocycles. The minimum Gasteiger partial charge on any atom is -0.406 e. The summed E-state index contributed by atoms with van der Waals surface area (Å²) in [5.41, 5.74) is 0. The monoisotopic (exact) mass is 264 g/mol. The van der Waals surface area contributed by atoms with Gasteiger partial charge in [0.15, 0.2) is 0 Å². The third kappa shape index (κ3) is 3.47. The number of nitrogens with one attached hydrogen (secondary N) is 1. The lowest BCUT2D eigenvalue weighted by Crippen LogP contribution is -2.28. The van der Waals surface area contributed by atoms with Gasteiger partial charge < -0.3 is 14.6 Å². The van der Waals surface area contributed by atoms with Gasteiger partial charge in [-0.05, 0) is 51.0 Å². The first-order chi connectivity index (χ1) is 9.26. The van der Waals surface area contributed by atoms with Crippen molar-refractivity contribution in [2.75, 3.05) is 24.5 Å². The molecule has 1 aromatic heterocycles. The second-order valence-corrected chi connectivity index (χ2v) is 5.99. The van der Waals surface area contributed by atoms with E-state index in [2.05, 4.69) is 34.3 Å². The van der Waals surface area contributed by atoms with Crippen molar-refractivity contribution in [1.29, 1.82) is 0 Å². The Kier molecular flexibility index (Phi) is 3.73. The molecule has 2 aliphatic rings. The highest BCUT2D eigenvalue weighted by atomic mass is 16.4. The third-order valence-corrected chi connectivity index (χ3v) is 3.93. The maximum atomic E-state index is 5.86.